The van der Waals surface area contributed by atoms with Gasteiger partial charge < -0.3 is 10.6 Å². The molecule has 15 heavy (non-hydrogen) atoms. The van der Waals surface area contributed by atoms with Gasteiger partial charge in [0.15, 0.2) is 0 Å². The van der Waals surface area contributed by atoms with E-state index in [4.69, 9.17) is 0 Å². The molecule has 0 spiro atoms. The lowest BCUT2D eigenvalue weighted by Crippen LogP contribution is -2.40. The first-order chi connectivity index (χ1) is 7.27. The number of aromatic nitrogens is 1. The standard InChI is InChI=1S/C9H13N3OS2/c13-9(8-4-10-5-15-8)12-3-6-7(14)1-2-11-6/h4-7,11,14H,1-3H2,(H,12,13)/t6-,7-/m1/s1. The minimum atomic E-state index is -0.0493. The molecule has 0 bridgehead atoms. The summed E-state index contributed by atoms with van der Waals surface area (Å²) in [7, 11) is 0. The van der Waals surface area contributed by atoms with E-state index in [0.717, 1.165) is 13.0 Å². The molecule has 1 aromatic heterocycles. The van der Waals surface area contributed by atoms with E-state index >= 15 is 0 Å². The second-order valence-electron chi connectivity index (χ2n) is 3.49. The summed E-state index contributed by atoms with van der Waals surface area (Å²) in [4.78, 5) is 16.1. The van der Waals surface area contributed by atoms with Crippen LogP contribution in [0.2, 0.25) is 0 Å². The molecular formula is C9H13N3OS2. The van der Waals surface area contributed by atoms with Crippen molar-refractivity contribution in [2.45, 2.75) is 17.7 Å². The van der Waals surface area contributed by atoms with Gasteiger partial charge in [0.1, 0.15) is 4.88 Å². The smallest absolute Gasteiger partial charge is 0.263 e. The quantitative estimate of drug-likeness (QED) is 0.679. The average Bonchev–Trinajstić information content (AvgIpc) is 2.85. The molecule has 1 aliphatic rings. The molecule has 2 N–H and O–H groups in total. The lowest BCUT2D eigenvalue weighted by molar-refractivity contribution is 0.0954. The molecule has 82 valence electrons. The van der Waals surface area contributed by atoms with Crippen molar-refractivity contribution >= 4 is 29.9 Å². The van der Waals surface area contributed by atoms with Crippen LogP contribution in [0.5, 0.6) is 0 Å². The van der Waals surface area contributed by atoms with Gasteiger partial charge in [0.25, 0.3) is 5.91 Å². The second-order valence-corrected chi connectivity index (χ2v) is 5.04. The van der Waals surface area contributed by atoms with Crippen molar-refractivity contribution in [3.05, 3.63) is 16.6 Å². The van der Waals surface area contributed by atoms with E-state index in [0.29, 0.717) is 16.7 Å². The fourth-order valence-electron chi connectivity index (χ4n) is 1.58. The number of carbonyl (C=O) groups excluding carboxylic acids is 1. The molecule has 6 heteroatoms. The molecule has 1 saturated heterocycles. The maximum Gasteiger partial charge on any atom is 0.263 e. The van der Waals surface area contributed by atoms with Crippen LogP contribution in [0.1, 0.15) is 16.1 Å². The molecule has 0 aromatic carbocycles. The first-order valence-corrected chi connectivity index (χ1v) is 6.25. The zero-order chi connectivity index (χ0) is 10.7. The number of nitrogens with one attached hydrogen (secondary N) is 2. The van der Waals surface area contributed by atoms with Gasteiger partial charge in [0.05, 0.1) is 11.7 Å². The molecular weight excluding hydrogens is 230 g/mol. The Balaban J connectivity index is 1.81. The van der Waals surface area contributed by atoms with E-state index in [1.807, 2.05) is 0 Å². The molecule has 4 nitrogen and oxygen atoms in total. The van der Waals surface area contributed by atoms with Gasteiger partial charge in [-0.15, -0.1) is 11.3 Å². The summed E-state index contributed by atoms with van der Waals surface area (Å²) < 4.78 is 0. The summed E-state index contributed by atoms with van der Waals surface area (Å²) in [5.74, 6) is -0.0493. The Kier molecular flexibility index (Phi) is 3.61. The van der Waals surface area contributed by atoms with Crippen molar-refractivity contribution in [2.24, 2.45) is 0 Å². The molecule has 0 aliphatic carbocycles. The first kappa shape index (κ1) is 10.9. The summed E-state index contributed by atoms with van der Waals surface area (Å²) >= 11 is 5.79. The number of hydrogen-bond acceptors (Lipinski definition) is 5. The number of carbonyl (C=O) groups is 1. The van der Waals surface area contributed by atoms with Gasteiger partial charge in [-0.2, -0.15) is 12.6 Å². The predicted molar refractivity (Wildman–Crippen MR) is 63.6 cm³/mol. The zero-order valence-corrected chi connectivity index (χ0v) is 9.85. The predicted octanol–water partition coefficient (Wildman–Crippen LogP) is 0.533. The summed E-state index contributed by atoms with van der Waals surface area (Å²) in [5.41, 5.74) is 1.66. The van der Waals surface area contributed by atoms with Crippen molar-refractivity contribution < 1.29 is 4.79 Å². The highest BCUT2D eigenvalue weighted by atomic mass is 32.1. The Labute approximate surface area is 97.9 Å². The number of thiol groups is 1. The molecule has 1 aromatic rings. The van der Waals surface area contributed by atoms with Gasteiger partial charge in [0.2, 0.25) is 0 Å². The van der Waals surface area contributed by atoms with Crippen molar-refractivity contribution in [1.29, 1.82) is 0 Å². The fraction of sp³-hybridized carbons (Fsp3) is 0.556. The van der Waals surface area contributed by atoms with Crippen molar-refractivity contribution in [3.63, 3.8) is 0 Å². The van der Waals surface area contributed by atoms with E-state index < -0.39 is 0 Å². The van der Waals surface area contributed by atoms with Crippen molar-refractivity contribution in [2.75, 3.05) is 13.1 Å². The van der Waals surface area contributed by atoms with Gasteiger partial charge in [-0.05, 0) is 13.0 Å². The van der Waals surface area contributed by atoms with Gasteiger partial charge in [-0.25, -0.2) is 0 Å². The molecule has 0 unspecified atom stereocenters. The highest BCUT2D eigenvalue weighted by Gasteiger charge is 2.23. The molecule has 0 saturated carbocycles. The largest absolute Gasteiger partial charge is 0.350 e. The molecule has 2 atom stereocenters. The van der Waals surface area contributed by atoms with Crippen molar-refractivity contribution in [3.8, 4) is 0 Å². The Morgan fingerprint density at radius 3 is 3.27 bits per heavy atom. The van der Waals surface area contributed by atoms with Crippen LogP contribution >= 0.6 is 24.0 Å². The lowest BCUT2D eigenvalue weighted by atomic mass is 10.2. The minimum Gasteiger partial charge on any atom is -0.350 e. The number of amides is 1. The third kappa shape index (κ3) is 2.70. The van der Waals surface area contributed by atoms with Crippen LogP contribution < -0.4 is 10.6 Å². The number of thiazole rings is 1. The third-order valence-corrected chi connectivity index (χ3v) is 3.84. The van der Waals surface area contributed by atoms with Gasteiger partial charge in [-0.1, -0.05) is 0 Å². The van der Waals surface area contributed by atoms with E-state index in [9.17, 15) is 4.79 Å². The topological polar surface area (TPSA) is 54.0 Å². The highest BCUT2D eigenvalue weighted by molar-refractivity contribution is 7.81. The molecule has 1 fully saturated rings. The van der Waals surface area contributed by atoms with Gasteiger partial charge >= 0.3 is 0 Å². The molecule has 1 aliphatic heterocycles. The molecule has 2 heterocycles. The van der Waals surface area contributed by atoms with E-state index in [2.05, 4.69) is 28.2 Å². The summed E-state index contributed by atoms with van der Waals surface area (Å²) in [6.45, 7) is 1.61. The number of rotatable bonds is 3. The maximum absolute atomic E-state index is 11.6. The van der Waals surface area contributed by atoms with E-state index in [-0.39, 0.29) is 11.9 Å². The monoisotopic (exact) mass is 243 g/mol. The van der Waals surface area contributed by atoms with Crippen LogP contribution in [0.25, 0.3) is 0 Å². The molecule has 0 radical (unpaired) electrons. The van der Waals surface area contributed by atoms with E-state index in [1.54, 1.807) is 11.7 Å². The number of nitrogens with zero attached hydrogens (tertiary/aromatic N) is 1. The molecule has 1 amide bonds. The minimum absolute atomic E-state index is 0.0493. The van der Waals surface area contributed by atoms with Crippen molar-refractivity contribution in [1.82, 2.24) is 15.6 Å². The summed E-state index contributed by atoms with van der Waals surface area (Å²) in [6, 6.07) is 0.283. The second kappa shape index (κ2) is 4.96. The van der Waals surface area contributed by atoms with E-state index in [1.165, 1.54) is 11.3 Å². The lowest BCUT2D eigenvalue weighted by Gasteiger charge is -2.15. The summed E-state index contributed by atoms with van der Waals surface area (Å²) in [6.07, 6.45) is 2.64. The Morgan fingerprint density at radius 1 is 1.80 bits per heavy atom. The van der Waals surface area contributed by atoms with Crippen LogP contribution in [-0.2, 0) is 0 Å². The highest BCUT2D eigenvalue weighted by Crippen LogP contribution is 2.12. The zero-order valence-electron chi connectivity index (χ0n) is 8.14. The van der Waals surface area contributed by atoms with Gasteiger partial charge in [-0.3, -0.25) is 9.78 Å². The fourth-order valence-corrected chi connectivity index (χ4v) is 2.46. The maximum atomic E-state index is 11.6. The Bertz CT molecular complexity index is 328. The van der Waals surface area contributed by atoms with Crippen LogP contribution in [-0.4, -0.2) is 35.3 Å². The number of hydrogen-bond donors (Lipinski definition) is 3. The SMILES string of the molecule is O=C(NC[C@H]1NCC[C@H]1S)c1cncs1. The van der Waals surface area contributed by atoms with Gasteiger partial charge in [0, 0.05) is 17.8 Å². The normalized spacial score (nSPS) is 25.4. The van der Waals surface area contributed by atoms with Crippen LogP contribution in [0, 0.1) is 0 Å². The Hall–Kier alpha value is -0.590. The van der Waals surface area contributed by atoms with Crippen LogP contribution in [0.4, 0.5) is 0 Å². The third-order valence-electron chi connectivity index (χ3n) is 2.45. The summed E-state index contributed by atoms with van der Waals surface area (Å²) in [5, 5.41) is 6.52. The first-order valence-electron chi connectivity index (χ1n) is 4.85. The van der Waals surface area contributed by atoms with Crippen LogP contribution in [0.3, 0.4) is 0 Å². The molecule has 2 rings (SSSR count). The Morgan fingerprint density at radius 2 is 2.67 bits per heavy atom. The average molecular weight is 243 g/mol. The van der Waals surface area contributed by atoms with Crippen LogP contribution in [0.15, 0.2) is 11.7 Å².